The van der Waals surface area contributed by atoms with E-state index >= 15 is 0 Å². The van der Waals surface area contributed by atoms with Gasteiger partial charge in [0, 0.05) is 11.4 Å². The van der Waals surface area contributed by atoms with Crippen molar-refractivity contribution in [1.82, 2.24) is 4.98 Å². The SMILES string of the molecule is Cc1cc(-c2cc(CO)c(C)[nH]2)ccc1F. The predicted molar refractivity (Wildman–Crippen MR) is 61.6 cm³/mol. The summed E-state index contributed by atoms with van der Waals surface area (Å²) < 4.78 is 13.1. The Labute approximate surface area is 93.8 Å². The molecule has 0 fully saturated rings. The van der Waals surface area contributed by atoms with Gasteiger partial charge < -0.3 is 10.1 Å². The Bertz CT molecular complexity index is 517. The van der Waals surface area contributed by atoms with Gasteiger partial charge in [0.2, 0.25) is 0 Å². The van der Waals surface area contributed by atoms with Crippen LogP contribution in [0, 0.1) is 19.7 Å². The predicted octanol–water partition coefficient (Wildman–Crippen LogP) is 2.93. The Kier molecular flexibility index (Phi) is 2.79. The first-order chi connectivity index (χ1) is 7.61. The average Bonchev–Trinajstić information content (AvgIpc) is 2.64. The minimum atomic E-state index is -0.200. The Balaban J connectivity index is 2.46. The molecule has 0 radical (unpaired) electrons. The highest BCUT2D eigenvalue weighted by Gasteiger charge is 2.06. The molecular formula is C13H14FNO. The lowest BCUT2D eigenvalue weighted by Crippen LogP contribution is -1.84. The number of aryl methyl sites for hydroxylation is 2. The van der Waals surface area contributed by atoms with E-state index < -0.39 is 0 Å². The summed E-state index contributed by atoms with van der Waals surface area (Å²) in [6, 6.07) is 6.87. The summed E-state index contributed by atoms with van der Waals surface area (Å²) in [6.45, 7) is 3.66. The van der Waals surface area contributed by atoms with Gasteiger partial charge in [-0.2, -0.15) is 0 Å². The van der Waals surface area contributed by atoms with E-state index in [4.69, 9.17) is 5.11 Å². The van der Waals surface area contributed by atoms with Gasteiger partial charge in [0.25, 0.3) is 0 Å². The van der Waals surface area contributed by atoms with Gasteiger partial charge >= 0.3 is 0 Å². The number of hydrogen-bond acceptors (Lipinski definition) is 1. The Morgan fingerprint density at radius 1 is 1.25 bits per heavy atom. The molecule has 16 heavy (non-hydrogen) atoms. The number of aromatic amines is 1. The number of halogens is 1. The highest BCUT2D eigenvalue weighted by Crippen LogP contribution is 2.23. The smallest absolute Gasteiger partial charge is 0.126 e. The van der Waals surface area contributed by atoms with Crippen LogP contribution >= 0.6 is 0 Å². The second-order valence-corrected chi connectivity index (χ2v) is 3.96. The number of aliphatic hydroxyl groups excluding tert-OH is 1. The lowest BCUT2D eigenvalue weighted by Gasteiger charge is -2.01. The first-order valence-electron chi connectivity index (χ1n) is 5.17. The van der Waals surface area contributed by atoms with Gasteiger partial charge in [-0.25, -0.2) is 4.39 Å². The molecule has 0 bridgehead atoms. The Morgan fingerprint density at radius 2 is 2.00 bits per heavy atom. The lowest BCUT2D eigenvalue weighted by molar-refractivity contribution is 0.281. The quantitative estimate of drug-likeness (QED) is 0.800. The van der Waals surface area contributed by atoms with Gasteiger partial charge in [0.1, 0.15) is 5.82 Å². The second-order valence-electron chi connectivity index (χ2n) is 3.96. The van der Waals surface area contributed by atoms with Crippen LogP contribution in [0.2, 0.25) is 0 Å². The van der Waals surface area contributed by atoms with E-state index in [1.54, 1.807) is 19.1 Å². The van der Waals surface area contributed by atoms with Crippen molar-refractivity contribution in [2.45, 2.75) is 20.5 Å². The topological polar surface area (TPSA) is 36.0 Å². The molecular weight excluding hydrogens is 205 g/mol. The van der Waals surface area contributed by atoms with Gasteiger partial charge in [0.05, 0.1) is 6.61 Å². The van der Waals surface area contributed by atoms with Gasteiger partial charge in [-0.05, 0) is 54.8 Å². The molecule has 0 aliphatic rings. The molecule has 0 aliphatic heterocycles. The van der Waals surface area contributed by atoms with Crippen molar-refractivity contribution >= 4 is 0 Å². The fourth-order valence-electron chi connectivity index (χ4n) is 1.73. The van der Waals surface area contributed by atoms with E-state index in [1.165, 1.54) is 6.07 Å². The molecule has 0 unspecified atom stereocenters. The second kappa shape index (κ2) is 4.10. The van der Waals surface area contributed by atoms with Crippen LogP contribution in [-0.2, 0) is 6.61 Å². The van der Waals surface area contributed by atoms with Crippen molar-refractivity contribution in [3.8, 4) is 11.3 Å². The largest absolute Gasteiger partial charge is 0.392 e. The van der Waals surface area contributed by atoms with Crippen LogP contribution < -0.4 is 0 Å². The van der Waals surface area contributed by atoms with Crippen molar-refractivity contribution in [3.63, 3.8) is 0 Å². The van der Waals surface area contributed by atoms with E-state index in [0.29, 0.717) is 5.56 Å². The molecule has 2 rings (SSSR count). The molecule has 2 nitrogen and oxygen atoms in total. The number of nitrogens with one attached hydrogen (secondary N) is 1. The van der Waals surface area contributed by atoms with E-state index in [0.717, 1.165) is 22.5 Å². The van der Waals surface area contributed by atoms with Crippen LogP contribution in [0.1, 0.15) is 16.8 Å². The maximum Gasteiger partial charge on any atom is 0.126 e. The van der Waals surface area contributed by atoms with Gasteiger partial charge in [-0.1, -0.05) is 0 Å². The highest BCUT2D eigenvalue weighted by atomic mass is 19.1. The first kappa shape index (κ1) is 10.9. The van der Waals surface area contributed by atoms with E-state index in [-0.39, 0.29) is 12.4 Å². The zero-order chi connectivity index (χ0) is 11.7. The van der Waals surface area contributed by atoms with Crippen molar-refractivity contribution in [2.24, 2.45) is 0 Å². The summed E-state index contributed by atoms with van der Waals surface area (Å²) in [5, 5.41) is 9.10. The van der Waals surface area contributed by atoms with Crippen molar-refractivity contribution < 1.29 is 9.50 Å². The molecule has 0 amide bonds. The molecule has 2 aromatic rings. The maximum absolute atomic E-state index is 13.1. The normalized spacial score (nSPS) is 10.8. The molecule has 0 aliphatic carbocycles. The molecule has 1 aromatic heterocycles. The fourth-order valence-corrected chi connectivity index (χ4v) is 1.73. The van der Waals surface area contributed by atoms with Crippen molar-refractivity contribution in [2.75, 3.05) is 0 Å². The highest BCUT2D eigenvalue weighted by molar-refractivity contribution is 5.62. The third-order valence-corrected chi connectivity index (χ3v) is 2.76. The Hall–Kier alpha value is -1.61. The molecule has 3 heteroatoms. The standard InChI is InChI=1S/C13H14FNO/c1-8-5-10(3-4-12(8)14)13-6-11(7-16)9(2)15-13/h3-6,15-16H,7H2,1-2H3. The number of hydrogen-bond donors (Lipinski definition) is 2. The maximum atomic E-state index is 13.1. The molecule has 1 heterocycles. The summed E-state index contributed by atoms with van der Waals surface area (Å²) in [6.07, 6.45) is 0. The molecule has 0 atom stereocenters. The monoisotopic (exact) mass is 219 g/mol. The van der Waals surface area contributed by atoms with Crippen LogP contribution in [-0.4, -0.2) is 10.1 Å². The summed E-state index contributed by atoms with van der Waals surface area (Å²) in [4.78, 5) is 3.18. The van der Waals surface area contributed by atoms with Crippen LogP contribution in [0.15, 0.2) is 24.3 Å². The van der Waals surface area contributed by atoms with E-state index in [1.807, 2.05) is 13.0 Å². The lowest BCUT2D eigenvalue weighted by atomic mass is 10.1. The van der Waals surface area contributed by atoms with Crippen LogP contribution in [0.4, 0.5) is 4.39 Å². The number of aromatic nitrogens is 1. The molecule has 0 saturated heterocycles. The average molecular weight is 219 g/mol. The number of rotatable bonds is 2. The van der Waals surface area contributed by atoms with Crippen LogP contribution in [0.25, 0.3) is 11.3 Å². The summed E-state index contributed by atoms with van der Waals surface area (Å²) in [7, 11) is 0. The number of aliphatic hydroxyl groups is 1. The number of benzene rings is 1. The van der Waals surface area contributed by atoms with Gasteiger partial charge in [-0.15, -0.1) is 0 Å². The molecule has 0 spiro atoms. The first-order valence-corrected chi connectivity index (χ1v) is 5.17. The van der Waals surface area contributed by atoms with Crippen molar-refractivity contribution in [1.29, 1.82) is 0 Å². The third kappa shape index (κ3) is 1.86. The van der Waals surface area contributed by atoms with E-state index in [2.05, 4.69) is 4.98 Å². The fraction of sp³-hybridized carbons (Fsp3) is 0.231. The summed E-state index contributed by atoms with van der Waals surface area (Å²) in [5.74, 6) is -0.200. The van der Waals surface area contributed by atoms with Crippen LogP contribution in [0.5, 0.6) is 0 Å². The number of H-pyrrole nitrogens is 1. The molecule has 84 valence electrons. The zero-order valence-electron chi connectivity index (χ0n) is 9.34. The third-order valence-electron chi connectivity index (χ3n) is 2.76. The molecule has 1 aromatic carbocycles. The molecule has 0 saturated carbocycles. The van der Waals surface area contributed by atoms with Crippen molar-refractivity contribution in [3.05, 3.63) is 46.9 Å². The zero-order valence-corrected chi connectivity index (χ0v) is 9.34. The Morgan fingerprint density at radius 3 is 2.56 bits per heavy atom. The van der Waals surface area contributed by atoms with E-state index in [9.17, 15) is 4.39 Å². The van der Waals surface area contributed by atoms with Crippen LogP contribution in [0.3, 0.4) is 0 Å². The minimum absolute atomic E-state index is 0.0164. The van der Waals surface area contributed by atoms with Gasteiger partial charge in [0.15, 0.2) is 0 Å². The summed E-state index contributed by atoms with van der Waals surface area (Å²) >= 11 is 0. The van der Waals surface area contributed by atoms with Gasteiger partial charge in [-0.3, -0.25) is 0 Å². The summed E-state index contributed by atoms with van der Waals surface area (Å²) in [5.41, 5.74) is 4.28. The molecule has 2 N–H and O–H groups in total. The minimum Gasteiger partial charge on any atom is -0.392 e.